The standard InChI is InChI=1S/C15H24N4O2/c1-4-19(10-12-5-7-16-8-6-12)13-9-11(2)17-14(18-13)15(20)21-3/h9,12,16H,4-8,10H2,1-3H3. The summed E-state index contributed by atoms with van der Waals surface area (Å²) in [6.45, 7) is 7.97. The molecule has 1 aliphatic rings. The summed E-state index contributed by atoms with van der Waals surface area (Å²) >= 11 is 0. The number of rotatable bonds is 5. The van der Waals surface area contributed by atoms with E-state index in [9.17, 15) is 4.79 Å². The Morgan fingerprint density at radius 3 is 2.76 bits per heavy atom. The van der Waals surface area contributed by atoms with Gasteiger partial charge in [-0.1, -0.05) is 0 Å². The molecule has 0 aliphatic carbocycles. The highest BCUT2D eigenvalue weighted by atomic mass is 16.5. The molecular formula is C15H24N4O2. The van der Waals surface area contributed by atoms with Gasteiger partial charge in [0.05, 0.1) is 7.11 Å². The van der Waals surface area contributed by atoms with E-state index >= 15 is 0 Å². The van der Waals surface area contributed by atoms with E-state index in [4.69, 9.17) is 4.74 Å². The number of piperidine rings is 1. The first-order chi connectivity index (χ1) is 10.1. The average molecular weight is 292 g/mol. The third kappa shape index (κ3) is 4.14. The zero-order valence-electron chi connectivity index (χ0n) is 13.1. The van der Waals surface area contributed by atoms with Crippen LogP contribution >= 0.6 is 0 Å². The molecule has 0 aromatic carbocycles. The summed E-state index contributed by atoms with van der Waals surface area (Å²) < 4.78 is 4.72. The average Bonchev–Trinajstić information content (AvgIpc) is 2.52. The zero-order valence-corrected chi connectivity index (χ0v) is 13.1. The minimum absolute atomic E-state index is 0.135. The molecule has 2 rings (SSSR count). The van der Waals surface area contributed by atoms with E-state index in [1.165, 1.54) is 20.0 Å². The van der Waals surface area contributed by atoms with E-state index in [1.807, 2.05) is 13.0 Å². The van der Waals surface area contributed by atoms with Gasteiger partial charge in [-0.3, -0.25) is 0 Å². The molecule has 1 saturated heterocycles. The first-order valence-corrected chi connectivity index (χ1v) is 7.53. The lowest BCUT2D eigenvalue weighted by molar-refractivity contribution is 0.0586. The number of aryl methyl sites for hydroxylation is 1. The Morgan fingerprint density at radius 1 is 1.43 bits per heavy atom. The number of carbonyl (C=O) groups excluding carboxylic acids is 1. The summed E-state index contributed by atoms with van der Waals surface area (Å²) in [5, 5.41) is 3.38. The molecular weight excluding hydrogens is 268 g/mol. The van der Waals surface area contributed by atoms with Crippen LogP contribution in [0.25, 0.3) is 0 Å². The highest BCUT2D eigenvalue weighted by Gasteiger charge is 2.19. The molecule has 0 bridgehead atoms. The molecule has 1 aromatic rings. The van der Waals surface area contributed by atoms with E-state index in [1.54, 1.807) is 0 Å². The van der Waals surface area contributed by atoms with Gasteiger partial charge in [-0.25, -0.2) is 14.8 Å². The summed E-state index contributed by atoms with van der Waals surface area (Å²) in [5.74, 6) is 1.13. The van der Waals surface area contributed by atoms with Crippen LogP contribution in [-0.2, 0) is 4.74 Å². The SMILES string of the molecule is CCN(CC1CCNCC1)c1cc(C)nc(C(=O)OC)n1. The van der Waals surface area contributed by atoms with Crippen molar-refractivity contribution in [3.63, 3.8) is 0 Å². The Balaban J connectivity index is 2.16. The molecule has 6 heteroatoms. The van der Waals surface area contributed by atoms with E-state index in [0.717, 1.165) is 37.7 Å². The molecule has 2 heterocycles. The maximum Gasteiger partial charge on any atom is 0.376 e. The van der Waals surface area contributed by atoms with Gasteiger partial charge in [0.2, 0.25) is 5.82 Å². The van der Waals surface area contributed by atoms with E-state index in [2.05, 4.69) is 27.1 Å². The van der Waals surface area contributed by atoms with Crippen molar-refractivity contribution in [2.75, 3.05) is 38.2 Å². The van der Waals surface area contributed by atoms with Crippen molar-refractivity contribution in [3.05, 3.63) is 17.6 Å². The van der Waals surface area contributed by atoms with Crippen LogP contribution in [0.15, 0.2) is 6.07 Å². The van der Waals surface area contributed by atoms with Crippen LogP contribution in [0.2, 0.25) is 0 Å². The van der Waals surface area contributed by atoms with Crippen LogP contribution in [0, 0.1) is 12.8 Å². The van der Waals surface area contributed by atoms with Crippen LogP contribution in [0.5, 0.6) is 0 Å². The number of hydrogen-bond donors (Lipinski definition) is 1. The fourth-order valence-electron chi connectivity index (χ4n) is 2.66. The number of methoxy groups -OCH3 is 1. The van der Waals surface area contributed by atoms with Crippen LogP contribution in [-0.4, -0.2) is 49.2 Å². The fourth-order valence-corrected chi connectivity index (χ4v) is 2.66. The predicted molar refractivity (Wildman–Crippen MR) is 81.6 cm³/mol. The van der Waals surface area contributed by atoms with Crippen molar-refractivity contribution in [3.8, 4) is 0 Å². The number of aromatic nitrogens is 2. The Kier molecular flexibility index (Phi) is 5.50. The Bertz CT molecular complexity index is 487. The van der Waals surface area contributed by atoms with Crippen LogP contribution in [0.4, 0.5) is 5.82 Å². The third-order valence-corrected chi connectivity index (χ3v) is 3.85. The number of ether oxygens (including phenoxy) is 1. The second-order valence-corrected chi connectivity index (χ2v) is 5.41. The van der Waals surface area contributed by atoms with Gasteiger partial charge in [0, 0.05) is 24.8 Å². The predicted octanol–water partition coefficient (Wildman–Crippen LogP) is 1.40. The van der Waals surface area contributed by atoms with Crippen LogP contribution in [0.3, 0.4) is 0 Å². The van der Waals surface area contributed by atoms with Gasteiger partial charge in [-0.15, -0.1) is 0 Å². The smallest absolute Gasteiger partial charge is 0.376 e. The maximum atomic E-state index is 11.6. The van der Waals surface area contributed by atoms with Crippen molar-refractivity contribution >= 4 is 11.8 Å². The van der Waals surface area contributed by atoms with E-state index in [-0.39, 0.29) is 5.82 Å². The molecule has 0 radical (unpaired) electrons. The number of hydrogen-bond acceptors (Lipinski definition) is 6. The van der Waals surface area contributed by atoms with Crippen LogP contribution < -0.4 is 10.2 Å². The van der Waals surface area contributed by atoms with Gasteiger partial charge in [-0.05, 0) is 45.7 Å². The van der Waals surface area contributed by atoms with Gasteiger partial charge in [0.1, 0.15) is 5.82 Å². The number of nitrogens with one attached hydrogen (secondary N) is 1. The zero-order chi connectivity index (χ0) is 15.2. The number of carbonyl (C=O) groups is 1. The van der Waals surface area contributed by atoms with Gasteiger partial charge in [0.25, 0.3) is 0 Å². The molecule has 21 heavy (non-hydrogen) atoms. The summed E-state index contributed by atoms with van der Waals surface area (Å²) in [6.07, 6.45) is 2.37. The van der Waals surface area contributed by atoms with E-state index < -0.39 is 5.97 Å². The monoisotopic (exact) mass is 292 g/mol. The molecule has 1 N–H and O–H groups in total. The maximum absolute atomic E-state index is 11.6. The Morgan fingerprint density at radius 2 is 2.14 bits per heavy atom. The molecule has 0 unspecified atom stereocenters. The molecule has 0 amide bonds. The van der Waals surface area contributed by atoms with Crippen molar-refractivity contribution in [1.29, 1.82) is 0 Å². The summed E-state index contributed by atoms with van der Waals surface area (Å²) in [6, 6.07) is 1.93. The Labute approximate surface area is 125 Å². The van der Waals surface area contributed by atoms with Gasteiger partial charge in [0.15, 0.2) is 0 Å². The second-order valence-electron chi connectivity index (χ2n) is 5.41. The molecule has 1 aromatic heterocycles. The van der Waals surface area contributed by atoms with Gasteiger partial charge >= 0.3 is 5.97 Å². The third-order valence-electron chi connectivity index (χ3n) is 3.85. The lowest BCUT2D eigenvalue weighted by atomic mass is 9.97. The summed E-state index contributed by atoms with van der Waals surface area (Å²) in [4.78, 5) is 22.4. The molecule has 1 fully saturated rings. The quantitative estimate of drug-likeness (QED) is 0.827. The van der Waals surface area contributed by atoms with Gasteiger partial charge in [-0.2, -0.15) is 0 Å². The lowest BCUT2D eigenvalue weighted by Crippen LogP contribution is -2.36. The van der Waals surface area contributed by atoms with Crippen molar-refractivity contribution in [2.24, 2.45) is 5.92 Å². The van der Waals surface area contributed by atoms with Crippen molar-refractivity contribution in [1.82, 2.24) is 15.3 Å². The largest absolute Gasteiger partial charge is 0.463 e. The van der Waals surface area contributed by atoms with Crippen LogP contribution in [0.1, 0.15) is 36.1 Å². The highest BCUT2D eigenvalue weighted by molar-refractivity contribution is 5.85. The summed E-state index contributed by atoms with van der Waals surface area (Å²) in [7, 11) is 1.35. The highest BCUT2D eigenvalue weighted by Crippen LogP contribution is 2.19. The molecule has 116 valence electrons. The fraction of sp³-hybridized carbons (Fsp3) is 0.667. The van der Waals surface area contributed by atoms with Gasteiger partial charge < -0.3 is 15.0 Å². The normalized spacial score (nSPS) is 15.8. The molecule has 0 atom stereocenters. The number of anilines is 1. The van der Waals surface area contributed by atoms with E-state index in [0.29, 0.717) is 5.92 Å². The second kappa shape index (κ2) is 7.36. The first-order valence-electron chi connectivity index (χ1n) is 7.53. The van der Waals surface area contributed by atoms with Crippen molar-refractivity contribution in [2.45, 2.75) is 26.7 Å². The molecule has 0 saturated carbocycles. The molecule has 6 nitrogen and oxygen atoms in total. The minimum atomic E-state index is -0.488. The first kappa shape index (κ1) is 15.7. The summed E-state index contributed by atoms with van der Waals surface area (Å²) in [5.41, 5.74) is 0.782. The number of esters is 1. The lowest BCUT2D eigenvalue weighted by Gasteiger charge is -2.30. The molecule has 1 aliphatic heterocycles. The topological polar surface area (TPSA) is 67.4 Å². The Hall–Kier alpha value is -1.69. The minimum Gasteiger partial charge on any atom is -0.463 e. The molecule has 0 spiro atoms. The number of nitrogens with zero attached hydrogens (tertiary/aromatic N) is 3. The van der Waals surface area contributed by atoms with Crippen molar-refractivity contribution < 1.29 is 9.53 Å².